The number of nitrogens with one attached hydrogen (secondary N) is 1. The van der Waals surface area contributed by atoms with Gasteiger partial charge >= 0.3 is 0 Å². The fourth-order valence-electron chi connectivity index (χ4n) is 4.13. The number of aliphatic hydroxyl groups excluding tert-OH is 1. The number of anilines is 2. The minimum absolute atomic E-state index is 0.130. The standard InChI is InChI=1S/C22H22N6O3/c1-13-21(17(3-5-24-13)26-22(30)20-10-23-12-31-20)16-8-18-14(9-25-27(18)2)7-19(16)28-6-4-15(29)11-28/h3,5,7-10,12,15,29H,4,6,11H2,1-2H3,(H,24,26,30). The third kappa shape index (κ3) is 3.42. The van der Waals surface area contributed by atoms with Crippen molar-refractivity contribution in [2.24, 2.45) is 7.05 Å². The number of nitrogens with zero attached hydrogens (tertiary/aromatic N) is 5. The molecule has 9 nitrogen and oxygen atoms in total. The van der Waals surface area contributed by atoms with E-state index in [2.05, 4.69) is 37.4 Å². The molecule has 1 aromatic carbocycles. The van der Waals surface area contributed by atoms with Crippen molar-refractivity contribution in [2.45, 2.75) is 19.4 Å². The summed E-state index contributed by atoms with van der Waals surface area (Å²) in [4.78, 5) is 23.1. The molecule has 1 fully saturated rings. The number of carbonyl (C=O) groups excluding carboxylic acids is 1. The highest BCUT2D eigenvalue weighted by Gasteiger charge is 2.26. The van der Waals surface area contributed by atoms with Crippen molar-refractivity contribution in [3.8, 4) is 11.1 Å². The number of amides is 1. The molecule has 0 bridgehead atoms. The highest BCUT2D eigenvalue weighted by molar-refractivity contribution is 6.06. The van der Waals surface area contributed by atoms with Crippen LogP contribution in [0.5, 0.6) is 0 Å². The van der Waals surface area contributed by atoms with Crippen molar-refractivity contribution in [1.29, 1.82) is 0 Å². The molecular formula is C22H22N6O3. The van der Waals surface area contributed by atoms with Crippen LogP contribution in [0.1, 0.15) is 22.7 Å². The normalized spacial score (nSPS) is 16.2. The molecule has 2 N–H and O–H groups in total. The summed E-state index contributed by atoms with van der Waals surface area (Å²) < 4.78 is 6.96. The Kier molecular flexibility index (Phi) is 4.67. The predicted octanol–water partition coefficient (Wildman–Crippen LogP) is 2.76. The number of hydrogen-bond donors (Lipinski definition) is 2. The first-order valence-electron chi connectivity index (χ1n) is 10.1. The van der Waals surface area contributed by atoms with E-state index >= 15 is 0 Å². The van der Waals surface area contributed by atoms with Crippen molar-refractivity contribution >= 4 is 28.2 Å². The summed E-state index contributed by atoms with van der Waals surface area (Å²) in [6.45, 7) is 3.21. The van der Waals surface area contributed by atoms with Gasteiger partial charge in [-0.05, 0) is 31.5 Å². The molecule has 5 rings (SSSR count). The lowest BCUT2D eigenvalue weighted by Crippen LogP contribution is -2.22. The number of hydrogen-bond acceptors (Lipinski definition) is 7. The van der Waals surface area contributed by atoms with Crippen molar-refractivity contribution in [2.75, 3.05) is 23.3 Å². The highest BCUT2D eigenvalue weighted by atomic mass is 16.3. The van der Waals surface area contributed by atoms with Crippen molar-refractivity contribution in [3.05, 3.63) is 54.6 Å². The molecule has 1 aliphatic rings. The molecule has 0 saturated carbocycles. The Morgan fingerprint density at radius 3 is 2.94 bits per heavy atom. The van der Waals surface area contributed by atoms with Crippen LogP contribution in [-0.2, 0) is 7.05 Å². The largest absolute Gasteiger partial charge is 0.438 e. The van der Waals surface area contributed by atoms with Gasteiger partial charge in [-0.2, -0.15) is 5.10 Å². The molecule has 0 radical (unpaired) electrons. The Bertz CT molecular complexity index is 1260. The summed E-state index contributed by atoms with van der Waals surface area (Å²) in [6.07, 6.45) is 6.45. The van der Waals surface area contributed by atoms with Gasteiger partial charge in [0.05, 0.1) is 29.7 Å². The molecule has 1 unspecified atom stereocenters. The van der Waals surface area contributed by atoms with Crippen LogP contribution in [0.15, 0.2) is 47.6 Å². The van der Waals surface area contributed by atoms with E-state index in [0.717, 1.165) is 40.0 Å². The zero-order chi connectivity index (χ0) is 21.5. The van der Waals surface area contributed by atoms with E-state index in [0.29, 0.717) is 18.7 Å². The Morgan fingerprint density at radius 1 is 1.32 bits per heavy atom. The monoisotopic (exact) mass is 418 g/mol. The second-order valence-electron chi connectivity index (χ2n) is 7.72. The lowest BCUT2D eigenvalue weighted by molar-refractivity contribution is 0.0996. The van der Waals surface area contributed by atoms with Crippen LogP contribution >= 0.6 is 0 Å². The molecule has 1 amide bonds. The second-order valence-corrected chi connectivity index (χ2v) is 7.72. The van der Waals surface area contributed by atoms with Gasteiger partial charge in [0.15, 0.2) is 6.39 Å². The average Bonchev–Trinajstić information content (AvgIpc) is 3.50. The van der Waals surface area contributed by atoms with Gasteiger partial charge in [-0.15, -0.1) is 0 Å². The van der Waals surface area contributed by atoms with Crippen LogP contribution in [0.25, 0.3) is 22.0 Å². The Labute approximate surface area is 178 Å². The molecule has 1 atom stereocenters. The maximum atomic E-state index is 12.7. The molecule has 1 saturated heterocycles. The second kappa shape index (κ2) is 7.51. The van der Waals surface area contributed by atoms with Crippen LogP contribution in [0.3, 0.4) is 0 Å². The third-order valence-electron chi connectivity index (χ3n) is 5.68. The van der Waals surface area contributed by atoms with Crippen LogP contribution in [-0.4, -0.2) is 50.0 Å². The number of oxazole rings is 1. The quantitative estimate of drug-likeness (QED) is 0.524. The molecule has 4 heterocycles. The van der Waals surface area contributed by atoms with Gasteiger partial charge in [0.2, 0.25) is 5.76 Å². The lowest BCUT2D eigenvalue weighted by Gasteiger charge is -2.24. The molecule has 0 spiro atoms. The molecule has 31 heavy (non-hydrogen) atoms. The summed E-state index contributed by atoms with van der Waals surface area (Å²) in [5.41, 5.74) is 5.07. The van der Waals surface area contributed by atoms with Crippen molar-refractivity contribution in [3.63, 3.8) is 0 Å². The molecule has 1 aliphatic heterocycles. The first-order valence-corrected chi connectivity index (χ1v) is 10.1. The van der Waals surface area contributed by atoms with Gasteiger partial charge in [-0.3, -0.25) is 14.5 Å². The Balaban J connectivity index is 1.68. The van der Waals surface area contributed by atoms with E-state index in [-0.39, 0.29) is 17.8 Å². The van der Waals surface area contributed by atoms with Crippen LogP contribution in [0, 0.1) is 6.92 Å². The number of aromatic nitrogens is 4. The molecular weight excluding hydrogens is 396 g/mol. The number of carbonyl (C=O) groups is 1. The molecule has 3 aromatic heterocycles. The van der Waals surface area contributed by atoms with Crippen LogP contribution in [0.2, 0.25) is 0 Å². The van der Waals surface area contributed by atoms with Gasteiger partial charge in [0.25, 0.3) is 5.91 Å². The Morgan fingerprint density at radius 2 is 2.19 bits per heavy atom. The highest BCUT2D eigenvalue weighted by Crippen LogP contribution is 2.41. The number of aryl methyl sites for hydroxylation is 2. The number of rotatable bonds is 4. The van der Waals surface area contributed by atoms with Crippen LogP contribution in [0.4, 0.5) is 11.4 Å². The SMILES string of the molecule is Cc1nccc(NC(=O)c2cnco2)c1-c1cc2c(cnn2C)cc1N1CCC(O)C1. The molecule has 9 heteroatoms. The van der Waals surface area contributed by atoms with Crippen LogP contribution < -0.4 is 10.2 Å². The molecule has 0 aliphatic carbocycles. The van der Waals surface area contributed by atoms with Crippen molar-refractivity contribution < 1.29 is 14.3 Å². The zero-order valence-electron chi connectivity index (χ0n) is 17.2. The minimum Gasteiger partial charge on any atom is -0.438 e. The zero-order valence-corrected chi connectivity index (χ0v) is 17.2. The third-order valence-corrected chi connectivity index (χ3v) is 5.68. The average molecular weight is 418 g/mol. The summed E-state index contributed by atoms with van der Waals surface area (Å²) in [5, 5.41) is 18.5. The summed E-state index contributed by atoms with van der Waals surface area (Å²) in [5.74, 6) is -0.255. The first kappa shape index (κ1) is 19.3. The van der Waals surface area contributed by atoms with E-state index in [4.69, 9.17) is 4.42 Å². The predicted molar refractivity (Wildman–Crippen MR) is 116 cm³/mol. The Hall–Kier alpha value is -3.72. The molecule has 4 aromatic rings. The number of β-amino-alcohol motifs (C(OH)–C–C–N with tert-alkyl or cyclic N) is 1. The number of aliphatic hydroxyl groups is 1. The summed E-state index contributed by atoms with van der Waals surface area (Å²) in [6, 6.07) is 5.92. The van der Waals surface area contributed by atoms with Gasteiger partial charge in [0, 0.05) is 54.2 Å². The van der Waals surface area contributed by atoms with E-state index < -0.39 is 0 Å². The van der Waals surface area contributed by atoms with E-state index in [1.165, 1.54) is 12.6 Å². The number of benzene rings is 1. The van der Waals surface area contributed by atoms with Gasteiger partial charge in [-0.1, -0.05) is 0 Å². The molecule has 158 valence electrons. The lowest BCUT2D eigenvalue weighted by atomic mass is 9.98. The smallest absolute Gasteiger partial charge is 0.293 e. The van der Waals surface area contributed by atoms with Gasteiger partial charge in [0.1, 0.15) is 0 Å². The van der Waals surface area contributed by atoms with Gasteiger partial charge in [-0.25, -0.2) is 4.98 Å². The topological polar surface area (TPSA) is 109 Å². The first-order chi connectivity index (χ1) is 15.0. The fraction of sp³-hybridized carbons (Fsp3) is 0.273. The van der Waals surface area contributed by atoms with E-state index in [1.807, 2.05) is 24.9 Å². The van der Waals surface area contributed by atoms with Gasteiger partial charge < -0.3 is 19.7 Å². The maximum absolute atomic E-state index is 12.7. The van der Waals surface area contributed by atoms with E-state index in [9.17, 15) is 9.90 Å². The number of fused-ring (bicyclic) bond motifs is 1. The van der Waals surface area contributed by atoms with E-state index in [1.54, 1.807) is 12.3 Å². The maximum Gasteiger partial charge on any atom is 0.293 e. The van der Waals surface area contributed by atoms with Crippen molar-refractivity contribution in [1.82, 2.24) is 19.7 Å². The summed E-state index contributed by atoms with van der Waals surface area (Å²) >= 11 is 0. The fourth-order valence-corrected chi connectivity index (χ4v) is 4.13. The minimum atomic E-state index is -0.385. The summed E-state index contributed by atoms with van der Waals surface area (Å²) in [7, 11) is 1.90. The number of pyridine rings is 1.